The van der Waals surface area contributed by atoms with Crippen molar-refractivity contribution in [2.45, 2.75) is 27.3 Å². The first kappa shape index (κ1) is 13.6. The maximum absolute atomic E-state index is 5.63. The second-order valence-electron chi connectivity index (χ2n) is 5.29. The average Bonchev–Trinajstić information content (AvgIpc) is 2.74. The third kappa shape index (κ3) is 2.36. The minimum absolute atomic E-state index is 0.651. The molecule has 0 unspecified atom stereocenters. The quantitative estimate of drug-likeness (QED) is 0.572. The van der Waals surface area contributed by atoms with E-state index in [2.05, 4.69) is 41.5 Å². The van der Waals surface area contributed by atoms with E-state index >= 15 is 0 Å². The molecule has 3 N–H and O–H groups in total. The number of fused-ring (bicyclic) bond motifs is 1. The smallest absolute Gasteiger partial charge is 0.145 e. The zero-order valence-electron chi connectivity index (χ0n) is 12.5. The van der Waals surface area contributed by atoms with Crippen molar-refractivity contribution in [1.82, 2.24) is 14.8 Å². The number of nitrogens with zero attached hydrogens (tertiary/aromatic N) is 3. The van der Waals surface area contributed by atoms with Crippen LogP contribution in [0.5, 0.6) is 0 Å². The van der Waals surface area contributed by atoms with Crippen molar-refractivity contribution < 1.29 is 0 Å². The molecule has 2 aromatic heterocycles. The second kappa shape index (κ2) is 5.18. The van der Waals surface area contributed by atoms with E-state index in [1.165, 1.54) is 11.3 Å². The van der Waals surface area contributed by atoms with Gasteiger partial charge in [-0.3, -0.25) is 4.68 Å². The van der Waals surface area contributed by atoms with Crippen molar-refractivity contribution in [3.05, 3.63) is 52.8 Å². The van der Waals surface area contributed by atoms with Gasteiger partial charge in [-0.2, -0.15) is 5.10 Å². The Morgan fingerprint density at radius 2 is 1.95 bits per heavy atom. The van der Waals surface area contributed by atoms with Crippen LogP contribution in [0.3, 0.4) is 0 Å². The Bertz CT molecular complexity index is 804. The lowest BCUT2D eigenvalue weighted by Gasteiger charge is -2.11. The molecule has 21 heavy (non-hydrogen) atoms. The van der Waals surface area contributed by atoms with Crippen LogP contribution in [0.15, 0.2) is 30.3 Å². The molecule has 1 aromatic carbocycles. The summed E-state index contributed by atoms with van der Waals surface area (Å²) in [5.41, 5.74) is 8.11. The van der Waals surface area contributed by atoms with Crippen molar-refractivity contribution >= 4 is 16.7 Å². The van der Waals surface area contributed by atoms with Crippen molar-refractivity contribution in [2.24, 2.45) is 5.84 Å². The molecule has 0 aliphatic carbocycles. The number of benzene rings is 1. The Morgan fingerprint density at radius 3 is 2.62 bits per heavy atom. The van der Waals surface area contributed by atoms with Crippen LogP contribution in [0.1, 0.15) is 22.5 Å². The highest BCUT2D eigenvalue weighted by atomic mass is 15.3. The Balaban J connectivity index is 2.08. The van der Waals surface area contributed by atoms with Crippen LogP contribution < -0.4 is 11.3 Å². The summed E-state index contributed by atoms with van der Waals surface area (Å²) in [5.74, 6) is 6.32. The molecule has 5 nitrogen and oxygen atoms in total. The fourth-order valence-electron chi connectivity index (χ4n) is 2.51. The van der Waals surface area contributed by atoms with Gasteiger partial charge in [-0.1, -0.05) is 18.2 Å². The molecule has 3 aromatic rings. The number of pyridine rings is 1. The molecule has 0 radical (unpaired) electrons. The number of anilines is 1. The van der Waals surface area contributed by atoms with Gasteiger partial charge in [0.05, 0.1) is 17.8 Å². The van der Waals surface area contributed by atoms with Gasteiger partial charge < -0.3 is 5.43 Å². The SMILES string of the molecule is Cc1nn(Cc2cc3ccccc3nc2NN)c(C)c1C. The molecule has 2 heterocycles. The van der Waals surface area contributed by atoms with Crippen molar-refractivity contribution in [3.8, 4) is 0 Å². The lowest BCUT2D eigenvalue weighted by molar-refractivity contribution is 0.658. The normalized spacial score (nSPS) is 11.0. The van der Waals surface area contributed by atoms with Crippen LogP contribution in [0, 0.1) is 20.8 Å². The molecule has 0 fully saturated rings. The first-order chi connectivity index (χ1) is 10.1. The van der Waals surface area contributed by atoms with Crippen LogP contribution in [0.4, 0.5) is 5.82 Å². The lowest BCUT2D eigenvalue weighted by atomic mass is 10.1. The van der Waals surface area contributed by atoms with E-state index in [0.29, 0.717) is 12.4 Å². The van der Waals surface area contributed by atoms with E-state index in [-0.39, 0.29) is 0 Å². The molecular weight excluding hydrogens is 262 g/mol. The van der Waals surface area contributed by atoms with Crippen LogP contribution >= 0.6 is 0 Å². The van der Waals surface area contributed by atoms with Gasteiger partial charge in [-0.15, -0.1) is 0 Å². The van der Waals surface area contributed by atoms with E-state index in [1.54, 1.807) is 0 Å². The van der Waals surface area contributed by atoms with Crippen molar-refractivity contribution in [3.63, 3.8) is 0 Å². The summed E-state index contributed by atoms with van der Waals surface area (Å²) in [6.45, 7) is 6.85. The summed E-state index contributed by atoms with van der Waals surface area (Å²) in [7, 11) is 0. The molecule has 5 heteroatoms. The number of aryl methyl sites for hydroxylation is 1. The van der Waals surface area contributed by atoms with Gasteiger partial charge in [0.25, 0.3) is 0 Å². The number of nitrogens with two attached hydrogens (primary N) is 1. The number of aromatic nitrogens is 3. The summed E-state index contributed by atoms with van der Waals surface area (Å²) < 4.78 is 2.00. The zero-order chi connectivity index (χ0) is 15.0. The van der Waals surface area contributed by atoms with E-state index < -0.39 is 0 Å². The Kier molecular flexibility index (Phi) is 3.35. The van der Waals surface area contributed by atoms with Gasteiger partial charge in [-0.05, 0) is 38.5 Å². The standard InChI is InChI=1S/C16H19N5/c1-10-11(2)20-21(12(10)3)9-14-8-13-6-4-5-7-15(13)18-16(14)19-17/h4-8H,9,17H2,1-3H3,(H,18,19). The third-order valence-electron chi connectivity index (χ3n) is 4.00. The average molecular weight is 281 g/mol. The number of rotatable bonds is 3. The predicted octanol–water partition coefficient (Wildman–Crippen LogP) is 2.69. The largest absolute Gasteiger partial charge is 0.308 e. The van der Waals surface area contributed by atoms with E-state index in [1.807, 2.05) is 29.8 Å². The molecule has 0 saturated heterocycles. The fourth-order valence-corrected chi connectivity index (χ4v) is 2.51. The molecule has 108 valence electrons. The Morgan fingerprint density at radius 1 is 1.19 bits per heavy atom. The highest BCUT2D eigenvalue weighted by molar-refractivity contribution is 5.81. The van der Waals surface area contributed by atoms with Crippen molar-refractivity contribution in [2.75, 3.05) is 5.43 Å². The fraction of sp³-hybridized carbons (Fsp3) is 0.250. The zero-order valence-corrected chi connectivity index (χ0v) is 12.5. The highest BCUT2D eigenvalue weighted by Gasteiger charge is 2.11. The molecule has 0 atom stereocenters. The summed E-state index contributed by atoms with van der Waals surface area (Å²) in [5, 5.41) is 5.68. The van der Waals surface area contributed by atoms with Crippen LogP contribution in [0.2, 0.25) is 0 Å². The molecule has 0 spiro atoms. The molecule has 3 rings (SSSR count). The Labute approximate surface area is 123 Å². The van der Waals surface area contributed by atoms with Crippen LogP contribution in [-0.4, -0.2) is 14.8 Å². The first-order valence-corrected chi connectivity index (χ1v) is 6.96. The Hall–Kier alpha value is -2.40. The number of hydrazine groups is 1. The van der Waals surface area contributed by atoms with Gasteiger partial charge in [0.1, 0.15) is 5.82 Å². The summed E-state index contributed by atoms with van der Waals surface area (Å²) >= 11 is 0. The van der Waals surface area contributed by atoms with Gasteiger partial charge in [0.2, 0.25) is 0 Å². The molecule has 0 aliphatic heterocycles. The number of hydrogen-bond donors (Lipinski definition) is 2. The topological polar surface area (TPSA) is 68.8 Å². The van der Waals surface area contributed by atoms with Crippen LogP contribution in [-0.2, 0) is 6.54 Å². The van der Waals surface area contributed by atoms with E-state index in [4.69, 9.17) is 5.84 Å². The monoisotopic (exact) mass is 281 g/mol. The third-order valence-corrected chi connectivity index (χ3v) is 4.00. The maximum atomic E-state index is 5.63. The molecule has 0 aliphatic rings. The molecule has 0 saturated carbocycles. The summed E-state index contributed by atoms with van der Waals surface area (Å²) in [6.07, 6.45) is 0. The molecule has 0 amide bonds. The van der Waals surface area contributed by atoms with E-state index in [0.717, 1.165) is 22.2 Å². The van der Waals surface area contributed by atoms with Crippen molar-refractivity contribution in [1.29, 1.82) is 0 Å². The minimum atomic E-state index is 0.651. The highest BCUT2D eigenvalue weighted by Crippen LogP contribution is 2.22. The first-order valence-electron chi connectivity index (χ1n) is 6.96. The molecular formula is C16H19N5. The number of nitrogens with one attached hydrogen (secondary N) is 1. The van der Waals surface area contributed by atoms with Gasteiger partial charge in [-0.25, -0.2) is 10.8 Å². The van der Waals surface area contributed by atoms with E-state index in [9.17, 15) is 0 Å². The lowest BCUT2D eigenvalue weighted by Crippen LogP contribution is -2.14. The van der Waals surface area contributed by atoms with Gasteiger partial charge in [0.15, 0.2) is 0 Å². The minimum Gasteiger partial charge on any atom is -0.308 e. The van der Waals surface area contributed by atoms with Crippen LogP contribution in [0.25, 0.3) is 10.9 Å². The second-order valence-corrected chi connectivity index (χ2v) is 5.29. The summed E-state index contributed by atoms with van der Waals surface area (Å²) in [4.78, 5) is 4.57. The summed E-state index contributed by atoms with van der Waals surface area (Å²) in [6, 6.07) is 10.1. The molecule has 0 bridgehead atoms. The number of para-hydroxylation sites is 1. The van der Waals surface area contributed by atoms with Gasteiger partial charge >= 0.3 is 0 Å². The van der Waals surface area contributed by atoms with Gasteiger partial charge in [0, 0.05) is 16.6 Å². The predicted molar refractivity (Wildman–Crippen MR) is 85.1 cm³/mol. The number of hydrogen-bond acceptors (Lipinski definition) is 4. The maximum Gasteiger partial charge on any atom is 0.145 e. The number of nitrogen functional groups attached to an aromatic ring is 1.